The highest BCUT2D eigenvalue weighted by Gasteiger charge is 2.25. The first-order chi connectivity index (χ1) is 12.5. The van der Waals surface area contributed by atoms with Crippen LogP contribution in [0.1, 0.15) is 28.0 Å². The molecule has 0 bridgehead atoms. The van der Waals surface area contributed by atoms with Gasteiger partial charge in [-0.3, -0.25) is 4.79 Å². The van der Waals surface area contributed by atoms with Gasteiger partial charge in [0.15, 0.2) is 5.69 Å². The quantitative estimate of drug-likeness (QED) is 0.467. The molecule has 0 fully saturated rings. The maximum absolute atomic E-state index is 12.7. The van der Waals surface area contributed by atoms with Gasteiger partial charge in [-0.15, -0.1) is 16.4 Å². The van der Waals surface area contributed by atoms with Crippen LogP contribution in [0.3, 0.4) is 0 Å². The maximum atomic E-state index is 12.7. The summed E-state index contributed by atoms with van der Waals surface area (Å²) < 4.78 is 11.3. The first-order valence-corrected chi connectivity index (χ1v) is 8.33. The van der Waals surface area contributed by atoms with Crippen molar-refractivity contribution in [1.82, 2.24) is 30.7 Å². The standard InChI is InChI=1S/C13H13ClN8O3S/c1-6(8-3-4-9(14)26-8)16-18-13(23)10-7(5-24-2)17-21-22(10)12-11(15)19-25-20-12/h3-4H,5H2,1-2H3,(H2,15,19)(H,18,23)/b16-6+. The van der Waals surface area contributed by atoms with Crippen LogP contribution in [0, 0.1) is 0 Å². The van der Waals surface area contributed by atoms with Crippen molar-refractivity contribution in [2.24, 2.45) is 5.10 Å². The molecule has 3 aromatic heterocycles. The number of rotatable bonds is 6. The summed E-state index contributed by atoms with van der Waals surface area (Å²) in [6.07, 6.45) is 0. The molecule has 0 saturated heterocycles. The Morgan fingerprint density at radius 1 is 1.50 bits per heavy atom. The van der Waals surface area contributed by atoms with E-state index in [1.807, 2.05) is 6.07 Å². The number of ether oxygens (including phenoxy) is 1. The minimum atomic E-state index is -0.577. The van der Waals surface area contributed by atoms with E-state index in [0.717, 1.165) is 9.56 Å². The van der Waals surface area contributed by atoms with Gasteiger partial charge in [0.1, 0.15) is 5.69 Å². The van der Waals surface area contributed by atoms with E-state index in [2.05, 4.69) is 35.8 Å². The lowest BCUT2D eigenvalue weighted by atomic mass is 10.3. The second-order valence-electron chi connectivity index (χ2n) is 4.94. The number of nitrogens with two attached hydrogens (primary N) is 1. The minimum Gasteiger partial charge on any atom is -0.378 e. The van der Waals surface area contributed by atoms with Crippen LogP contribution in [0.2, 0.25) is 4.34 Å². The third-order valence-electron chi connectivity index (χ3n) is 3.19. The van der Waals surface area contributed by atoms with Gasteiger partial charge in [-0.1, -0.05) is 16.8 Å². The summed E-state index contributed by atoms with van der Waals surface area (Å²) in [4.78, 5) is 13.5. The monoisotopic (exact) mass is 396 g/mol. The van der Waals surface area contributed by atoms with Crippen molar-refractivity contribution in [3.8, 4) is 5.82 Å². The van der Waals surface area contributed by atoms with E-state index >= 15 is 0 Å². The molecule has 0 unspecified atom stereocenters. The molecule has 0 aliphatic carbocycles. The lowest BCUT2D eigenvalue weighted by molar-refractivity contribution is 0.0941. The summed E-state index contributed by atoms with van der Waals surface area (Å²) in [6, 6.07) is 3.56. The Kier molecular flexibility index (Phi) is 5.25. The molecule has 1 amide bonds. The summed E-state index contributed by atoms with van der Waals surface area (Å²) in [5, 5.41) is 19.0. The number of anilines is 1. The van der Waals surface area contributed by atoms with E-state index in [4.69, 9.17) is 22.1 Å². The van der Waals surface area contributed by atoms with E-state index in [1.54, 1.807) is 13.0 Å². The number of hydrazone groups is 1. The molecule has 3 rings (SSSR count). The fraction of sp³-hybridized carbons (Fsp3) is 0.231. The number of halogens is 1. The van der Waals surface area contributed by atoms with Crippen molar-refractivity contribution in [2.45, 2.75) is 13.5 Å². The molecule has 0 spiro atoms. The Morgan fingerprint density at radius 2 is 2.31 bits per heavy atom. The van der Waals surface area contributed by atoms with E-state index in [9.17, 15) is 4.79 Å². The normalized spacial score (nSPS) is 11.7. The van der Waals surface area contributed by atoms with E-state index in [1.165, 1.54) is 18.4 Å². The van der Waals surface area contributed by atoms with E-state index in [0.29, 0.717) is 10.0 Å². The number of methoxy groups -OCH3 is 1. The third-order valence-corrected chi connectivity index (χ3v) is 4.53. The first-order valence-electron chi connectivity index (χ1n) is 7.13. The largest absolute Gasteiger partial charge is 0.378 e. The number of hydrogen-bond acceptors (Lipinski definition) is 10. The highest BCUT2D eigenvalue weighted by atomic mass is 35.5. The van der Waals surface area contributed by atoms with Gasteiger partial charge >= 0.3 is 0 Å². The number of nitrogens with zero attached hydrogens (tertiary/aromatic N) is 6. The van der Waals surface area contributed by atoms with Gasteiger partial charge in [0.25, 0.3) is 5.91 Å². The van der Waals surface area contributed by atoms with Crippen LogP contribution in [-0.4, -0.2) is 44.0 Å². The van der Waals surface area contributed by atoms with Crippen LogP contribution in [0.15, 0.2) is 21.9 Å². The fourth-order valence-electron chi connectivity index (χ4n) is 2.01. The zero-order valence-corrected chi connectivity index (χ0v) is 15.2. The number of carbonyl (C=O) groups excluding carboxylic acids is 1. The third kappa shape index (κ3) is 3.56. The smallest absolute Gasteiger partial charge is 0.292 e. The zero-order chi connectivity index (χ0) is 18.7. The molecular weight excluding hydrogens is 384 g/mol. The Morgan fingerprint density at radius 3 is 2.92 bits per heavy atom. The molecule has 26 heavy (non-hydrogen) atoms. The second kappa shape index (κ2) is 7.59. The summed E-state index contributed by atoms with van der Waals surface area (Å²) in [5.74, 6) is -0.581. The van der Waals surface area contributed by atoms with Crippen LogP contribution in [0.4, 0.5) is 5.82 Å². The van der Waals surface area contributed by atoms with Crippen molar-refractivity contribution in [3.63, 3.8) is 0 Å². The van der Waals surface area contributed by atoms with Crippen LogP contribution >= 0.6 is 22.9 Å². The molecular formula is C13H13ClN8O3S. The molecule has 13 heteroatoms. The number of nitrogens with one attached hydrogen (secondary N) is 1. The number of aromatic nitrogens is 5. The van der Waals surface area contributed by atoms with Gasteiger partial charge in [0, 0.05) is 7.11 Å². The average molecular weight is 397 g/mol. The molecule has 3 heterocycles. The van der Waals surface area contributed by atoms with Crippen molar-refractivity contribution >= 4 is 40.4 Å². The van der Waals surface area contributed by atoms with Gasteiger partial charge in [0.2, 0.25) is 11.6 Å². The molecule has 0 saturated carbocycles. The predicted molar refractivity (Wildman–Crippen MR) is 93.3 cm³/mol. The van der Waals surface area contributed by atoms with Gasteiger partial charge in [0.05, 0.1) is 21.5 Å². The molecule has 136 valence electrons. The van der Waals surface area contributed by atoms with Gasteiger partial charge in [-0.2, -0.15) is 9.78 Å². The Hall–Kier alpha value is -2.83. The Balaban J connectivity index is 1.90. The topological polar surface area (TPSA) is 146 Å². The fourth-order valence-corrected chi connectivity index (χ4v) is 3.00. The minimum absolute atomic E-state index is 0.0377. The average Bonchev–Trinajstić information content (AvgIpc) is 3.32. The van der Waals surface area contributed by atoms with Crippen molar-refractivity contribution in [3.05, 3.63) is 32.7 Å². The molecule has 0 aliphatic heterocycles. The zero-order valence-electron chi connectivity index (χ0n) is 13.6. The predicted octanol–water partition coefficient (Wildman–Crippen LogP) is 1.25. The maximum Gasteiger partial charge on any atom is 0.292 e. The molecule has 0 aliphatic rings. The number of amides is 1. The number of thiophene rings is 1. The van der Waals surface area contributed by atoms with Crippen molar-refractivity contribution < 1.29 is 14.2 Å². The van der Waals surface area contributed by atoms with Gasteiger partial charge < -0.3 is 10.5 Å². The van der Waals surface area contributed by atoms with E-state index < -0.39 is 5.91 Å². The Bertz CT molecular complexity index is 962. The van der Waals surface area contributed by atoms with E-state index in [-0.39, 0.29) is 29.6 Å². The summed E-state index contributed by atoms with van der Waals surface area (Å²) in [7, 11) is 1.47. The number of carbonyl (C=O) groups is 1. The molecule has 3 aromatic rings. The lowest BCUT2D eigenvalue weighted by Gasteiger charge is -2.05. The summed E-state index contributed by atoms with van der Waals surface area (Å²) in [6.45, 7) is 1.80. The molecule has 0 atom stereocenters. The molecule has 0 radical (unpaired) electrons. The second-order valence-corrected chi connectivity index (χ2v) is 6.66. The summed E-state index contributed by atoms with van der Waals surface area (Å²) >= 11 is 7.25. The molecule has 11 nitrogen and oxygen atoms in total. The van der Waals surface area contributed by atoms with Crippen LogP contribution in [0.5, 0.6) is 0 Å². The van der Waals surface area contributed by atoms with Crippen LogP contribution in [0.25, 0.3) is 5.82 Å². The lowest BCUT2D eigenvalue weighted by Crippen LogP contribution is -2.24. The van der Waals surface area contributed by atoms with Crippen LogP contribution < -0.4 is 11.2 Å². The number of nitrogen functional groups attached to an aromatic ring is 1. The number of hydrogen-bond donors (Lipinski definition) is 2. The summed E-state index contributed by atoms with van der Waals surface area (Å²) in [5.41, 5.74) is 9.03. The highest BCUT2D eigenvalue weighted by molar-refractivity contribution is 7.18. The van der Waals surface area contributed by atoms with Crippen LogP contribution in [-0.2, 0) is 11.3 Å². The van der Waals surface area contributed by atoms with Gasteiger partial charge in [-0.05, 0) is 29.4 Å². The SMILES string of the molecule is COCc1nnn(-c2nonc2N)c1C(=O)N/N=C(\C)c1ccc(Cl)s1. The first kappa shape index (κ1) is 18.0. The van der Waals surface area contributed by atoms with Crippen molar-refractivity contribution in [1.29, 1.82) is 0 Å². The molecule has 3 N–H and O–H groups in total. The highest BCUT2D eigenvalue weighted by Crippen LogP contribution is 2.22. The van der Waals surface area contributed by atoms with Crippen molar-refractivity contribution in [2.75, 3.05) is 12.8 Å². The van der Waals surface area contributed by atoms with Gasteiger partial charge in [-0.25, -0.2) is 10.1 Å². The molecule has 0 aromatic carbocycles. The Labute approximate surface area is 155 Å².